The summed E-state index contributed by atoms with van der Waals surface area (Å²) in [5, 5.41) is 8.13. The summed E-state index contributed by atoms with van der Waals surface area (Å²) in [4.78, 5) is 15.0. The van der Waals surface area contributed by atoms with E-state index in [2.05, 4.69) is 32.6 Å². The fourth-order valence-electron chi connectivity index (χ4n) is 4.74. The summed E-state index contributed by atoms with van der Waals surface area (Å²) in [6, 6.07) is 5.97. The number of imidazole rings is 1. The largest absolute Gasteiger partial charge is 0.364 e. The first-order chi connectivity index (χ1) is 17.0. The van der Waals surface area contributed by atoms with Gasteiger partial charge in [0.1, 0.15) is 12.0 Å². The van der Waals surface area contributed by atoms with Crippen molar-refractivity contribution in [3.63, 3.8) is 0 Å². The number of halogens is 2. The summed E-state index contributed by atoms with van der Waals surface area (Å²) >= 11 is 0. The molecule has 1 aliphatic carbocycles. The van der Waals surface area contributed by atoms with Gasteiger partial charge >= 0.3 is 0 Å². The van der Waals surface area contributed by atoms with Gasteiger partial charge in [-0.15, -0.1) is 0 Å². The van der Waals surface area contributed by atoms with E-state index in [-0.39, 0.29) is 13.0 Å². The number of aromatic nitrogens is 6. The number of hydrogen-bond acceptors (Lipinski definition) is 6. The van der Waals surface area contributed by atoms with Gasteiger partial charge in [-0.05, 0) is 43.0 Å². The summed E-state index contributed by atoms with van der Waals surface area (Å²) in [5.41, 5.74) is 4.36. The van der Waals surface area contributed by atoms with Crippen molar-refractivity contribution in [1.29, 1.82) is 0 Å². The van der Waals surface area contributed by atoms with Crippen LogP contribution in [0.3, 0.4) is 0 Å². The summed E-state index contributed by atoms with van der Waals surface area (Å²) in [6.45, 7) is 2.45. The molecule has 4 aromatic rings. The molecule has 0 atom stereocenters. The normalized spacial score (nSPS) is 17.8. The van der Waals surface area contributed by atoms with Gasteiger partial charge in [-0.2, -0.15) is 5.10 Å². The van der Waals surface area contributed by atoms with Crippen molar-refractivity contribution in [3.05, 3.63) is 60.6 Å². The van der Waals surface area contributed by atoms with Gasteiger partial charge in [0.2, 0.25) is 0 Å². The highest BCUT2D eigenvalue weighted by molar-refractivity contribution is 5.61. The van der Waals surface area contributed by atoms with E-state index in [9.17, 15) is 8.78 Å². The molecule has 1 aliphatic heterocycles. The summed E-state index contributed by atoms with van der Waals surface area (Å²) < 4.78 is 31.0. The molecule has 2 fully saturated rings. The number of alkyl halides is 2. The Bertz CT molecular complexity index is 1330. The zero-order valence-electron chi connectivity index (χ0n) is 19.4. The molecular weight excluding hydrogens is 450 g/mol. The van der Waals surface area contributed by atoms with Crippen LogP contribution in [0, 0.1) is 5.92 Å². The van der Waals surface area contributed by atoms with Crippen LogP contribution in [0.5, 0.6) is 0 Å². The molecule has 1 saturated carbocycles. The van der Waals surface area contributed by atoms with Crippen LogP contribution >= 0.6 is 0 Å². The predicted molar refractivity (Wildman–Crippen MR) is 128 cm³/mol. The first kappa shape index (κ1) is 22.1. The summed E-state index contributed by atoms with van der Waals surface area (Å²) in [7, 11) is 0. The average Bonchev–Trinajstić information content (AvgIpc) is 3.53. The Balaban J connectivity index is 1.12. The van der Waals surface area contributed by atoms with Crippen LogP contribution in [0.4, 0.5) is 14.5 Å². The minimum Gasteiger partial charge on any atom is -0.364 e. The van der Waals surface area contributed by atoms with Crippen molar-refractivity contribution in [2.75, 3.05) is 24.5 Å². The van der Waals surface area contributed by atoms with E-state index in [0.29, 0.717) is 30.2 Å². The van der Waals surface area contributed by atoms with Crippen LogP contribution in [0.2, 0.25) is 0 Å². The van der Waals surface area contributed by atoms with Crippen LogP contribution in [-0.2, 0) is 13.1 Å². The molecule has 10 heteroatoms. The number of rotatable bonds is 8. The van der Waals surface area contributed by atoms with E-state index >= 15 is 0 Å². The molecule has 1 N–H and O–H groups in total. The quantitative estimate of drug-likeness (QED) is 0.416. The number of anilines is 1. The Morgan fingerprint density at radius 1 is 1.14 bits per heavy atom. The third-order valence-corrected chi connectivity index (χ3v) is 6.93. The highest BCUT2D eigenvalue weighted by Gasteiger charge is 2.38. The van der Waals surface area contributed by atoms with Crippen LogP contribution < -0.4 is 10.2 Å². The minimum atomic E-state index is -2.66. The molecule has 35 heavy (non-hydrogen) atoms. The average molecular weight is 479 g/mol. The number of nitrogens with zero attached hydrogens (tertiary/aromatic N) is 7. The molecule has 1 saturated heterocycles. The molecule has 4 aromatic heterocycles. The van der Waals surface area contributed by atoms with Crippen LogP contribution in [0.15, 0.2) is 49.3 Å². The molecule has 0 bridgehead atoms. The molecule has 5 heterocycles. The maximum Gasteiger partial charge on any atom is 0.266 e. The molecule has 6 rings (SSSR count). The first-order valence-electron chi connectivity index (χ1n) is 12.2. The molecular formula is C25H28F2N8. The molecule has 182 valence electrons. The van der Waals surface area contributed by atoms with Gasteiger partial charge in [0.25, 0.3) is 5.92 Å². The predicted octanol–water partition coefficient (Wildman–Crippen LogP) is 3.77. The van der Waals surface area contributed by atoms with Crippen molar-refractivity contribution in [3.8, 4) is 11.4 Å². The van der Waals surface area contributed by atoms with Crippen molar-refractivity contribution < 1.29 is 8.78 Å². The second-order valence-corrected chi connectivity index (χ2v) is 9.69. The van der Waals surface area contributed by atoms with Gasteiger partial charge in [-0.25, -0.2) is 23.4 Å². The van der Waals surface area contributed by atoms with Crippen molar-refractivity contribution in [2.24, 2.45) is 5.92 Å². The van der Waals surface area contributed by atoms with Gasteiger partial charge in [-0.1, -0.05) is 12.5 Å². The molecule has 2 aliphatic rings. The smallest absolute Gasteiger partial charge is 0.266 e. The summed E-state index contributed by atoms with van der Waals surface area (Å²) in [5.74, 6) is -1.31. The highest BCUT2D eigenvalue weighted by Crippen LogP contribution is 2.31. The number of hydrogen-bond donors (Lipinski definition) is 1. The lowest BCUT2D eigenvalue weighted by Gasteiger charge is -2.25. The Kier molecular flexibility index (Phi) is 5.68. The van der Waals surface area contributed by atoms with E-state index in [1.165, 1.54) is 24.8 Å². The molecule has 0 aromatic carbocycles. The van der Waals surface area contributed by atoms with Crippen molar-refractivity contribution in [2.45, 2.75) is 44.7 Å². The SMILES string of the molecule is FC1(F)CCN(c2cncc(-c3ncn(Cc4cn5cc(CNCC6CCC6)ccc5n4)n3)c2)C1. The van der Waals surface area contributed by atoms with Gasteiger partial charge < -0.3 is 14.6 Å². The van der Waals surface area contributed by atoms with Gasteiger partial charge in [0.15, 0.2) is 5.82 Å². The zero-order valence-corrected chi connectivity index (χ0v) is 19.4. The van der Waals surface area contributed by atoms with Crippen molar-refractivity contribution >= 4 is 11.3 Å². The third-order valence-electron chi connectivity index (χ3n) is 6.93. The Hall–Kier alpha value is -3.40. The molecule has 0 unspecified atom stereocenters. The lowest BCUT2D eigenvalue weighted by molar-refractivity contribution is 0.0257. The number of pyridine rings is 2. The van der Waals surface area contributed by atoms with Gasteiger partial charge in [0.05, 0.1) is 30.7 Å². The molecule has 0 radical (unpaired) electrons. The first-order valence-corrected chi connectivity index (χ1v) is 12.2. The molecule has 0 amide bonds. The lowest BCUT2D eigenvalue weighted by atomic mass is 9.85. The minimum absolute atomic E-state index is 0.137. The maximum absolute atomic E-state index is 13.6. The van der Waals surface area contributed by atoms with Crippen LogP contribution in [0.1, 0.15) is 36.9 Å². The van der Waals surface area contributed by atoms with E-state index in [1.54, 1.807) is 28.3 Å². The number of nitrogens with one attached hydrogen (secondary N) is 1. The standard InChI is InChI=1S/C25H28F2N8/c26-25(27)6-7-33(16-25)22-8-20(11-29-12-22)24-30-17-35(32-24)15-21-14-34-13-19(4-5-23(34)31-21)10-28-9-18-2-1-3-18/h4-5,8,11-14,17-18,28H,1-3,6-7,9-10,15-16H2. The van der Waals surface area contributed by atoms with E-state index in [4.69, 9.17) is 4.98 Å². The fourth-order valence-corrected chi connectivity index (χ4v) is 4.74. The molecule has 8 nitrogen and oxygen atoms in total. The topological polar surface area (TPSA) is 76.2 Å². The maximum atomic E-state index is 13.6. The van der Waals surface area contributed by atoms with Crippen LogP contribution in [0.25, 0.3) is 17.0 Å². The number of fused-ring (bicyclic) bond motifs is 1. The highest BCUT2D eigenvalue weighted by atomic mass is 19.3. The lowest BCUT2D eigenvalue weighted by Crippen LogP contribution is -2.26. The van der Waals surface area contributed by atoms with E-state index in [0.717, 1.165) is 30.3 Å². The Morgan fingerprint density at radius 3 is 2.86 bits per heavy atom. The van der Waals surface area contributed by atoms with E-state index < -0.39 is 5.92 Å². The Morgan fingerprint density at radius 2 is 2.06 bits per heavy atom. The zero-order chi connectivity index (χ0) is 23.8. The van der Waals surface area contributed by atoms with Gasteiger partial charge in [0, 0.05) is 43.7 Å². The van der Waals surface area contributed by atoms with E-state index in [1.807, 2.05) is 22.7 Å². The Labute approximate surface area is 202 Å². The second-order valence-electron chi connectivity index (χ2n) is 9.69. The third kappa shape index (κ3) is 4.88. The monoisotopic (exact) mass is 478 g/mol. The fraction of sp³-hybridized carbons (Fsp3) is 0.440. The van der Waals surface area contributed by atoms with Crippen molar-refractivity contribution in [1.82, 2.24) is 34.4 Å². The molecule has 0 spiro atoms. The van der Waals surface area contributed by atoms with Gasteiger partial charge in [-0.3, -0.25) is 4.98 Å². The summed E-state index contributed by atoms with van der Waals surface area (Å²) in [6.07, 6.45) is 13.0. The van der Waals surface area contributed by atoms with Crippen LogP contribution in [-0.4, -0.2) is 54.7 Å². The second kappa shape index (κ2) is 8.99.